The maximum Gasteiger partial charge on any atom is 0.340 e. The minimum absolute atomic E-state index is 0.0123. The van der Waals surface area contributed by atoms with Gasteiger partial charge in [-0.1, -0.05) is 48.9 Å². The van der Waals surface area contributed by atoms with Crippen molar-refractivity contribution in [1.82, 2.24) is 4.90 Å². The highest BCUT2D eigenvalue weighted by atomic mass is 16.7. The summed E-state index contributed by atoms with van der Waals surface area (Å²) in [6.45, 7) is 8.32. The van der Waals surface area contributed by atoms with Gasteiger partial charge < -0.3 is 19.5 Å². The molecule has 0 aliphatic carbocycles. The predicted molar refractivity (Wildman–Crippen MR) is 153 cm³/mol. The van der Waals surface area contributed by atoms with Crippen LogP contribution in [0.5, 0.6) is 5.75 Å². The Hall–Kier alpha value is -3.68. The lowest BCUT2D eigenvalue weighted by molar-refractivity contribution is 0.00707. The molecule has 1 N–H and O–H groups in total. The topological polar surface area (TPSA) is 77.1 Å². The first-order valence-corrected chi connectivity index (χ1v) is 13.4. The minimum atomic E-state index is -0.680. The number of methoxy groups -OCH3 is 1. The van der Waals surface area contributed by atoms with E-state index in [4.69, 9.17) is 14.2 Å². The number of piperidine rings is 1. The average molecular weight is 531 g/mol. The van der Waals surface area contributed by atoms with Crippen molar-refractivity contribution in [3.8, 4) is 16.9 Å². The molecule has 0 atom stereocenters. The second kappa shape index (κ2) is 12.9. The summed E-state index contributed by atoms with van der Waals surface area (Å²) in [5, 5.41) is 2.98. The van der Waals surface area contributed by atoms with Gasteiger partial charge in [-0.05, 0) is 87.7 Å². The zero-order chi connectivity index (χ0) is 27.8. The summed E-state index contributed by atoms with van der Waals surface area (Å²) in [4.78, 5) is 29.3. The molecule has 206 valence electrons. The van der Waals surface area contributed by atoms with Crippen molar-refractivity contribution in [2.75, 3.05) is 32.3 Å². The van der Waals surface area contributed by atoms with Crippen molar-refractivity contribution in [1.29, 1.82) is 0 Å². The Labute approximate surface area is 231 Å². The number of hydrogen-bond donors (Lipinski definition) is 1. The molecule has 1 aliphatic rings. The van der Waals surface area contributed by atoms with Gasteiger partial charge in [0.05, 0.1) is 16.8 Å². The number of nitrogens with one attached hydrogen (secondary N) is 1. The van der Waals surface area contributed by atoms with Crippen molar-refractivity contribution in [3.63, 3.8) is 0 Å². The van der Waals surface area contributed by atoms with E-state index in [0.29, 0.717) is 17.0 Å². The number of rotatable bonds is 9. The van der Waals surface area contributed by atoms with Gasteiger partial charge in [0.25, 0.3) is 5.91 Å². The number of amides is 1. The van der Waals surface area contributed by atoms with Crippen molar-refractivity contribution < 1.29 is 23.8 Å². The number of hydrogen-bond acceptors (Lipinski definition) is 6. The standard InChI is InChI=1S/C32H38N2O5/c1-32(2,3)39-31(36)26-15-14-25(24-11-7-5-8-12-24)20-28(26)33-30(35)27-19-23(13-16-29(27)38-22-37-4)21-34-17-9-6-10-18-34/h5,7-8,11-16,19-20H,6,9-10,17-18,21-22H2,1-4H3,(H,33,35). The minimum Gasteiger partial charge on any atom is -0.467 e. The maximum absolute atomic E-state index is 13.8. The van der Waals surface area contributed by atoms with Gasteiger partial charge in [-0.15, -0.1) is 0 Å². The highest BCUT2D eigenvalue weighted by Crippen LogP contribution is 2.29. The maximum atomic E-state index is 13.8. The molecule has 0 aromatic heterocycles. The molecule has 3 aromatic carbocycles. The molecule has 3 aromatic rings. The zero-order valence-corrected chi connectivity index (χ0v) is 23.3. The molecule has 39 heavy (non-hydrogen) atoms. The fraction of sp³-hybridized carbons (Fsp3) is 0.375. The van der Waals surface area contributed by atoms with Gasteiger partial charge >= 0.3 is 5.97 Å². The molecule has 0 unspecified atom stereocenters. The molecular formula is C32H38N2O5. The number of benzene rings is 3. The molecule has 4 rings (SSSR count). The lowest BCUT2D eigenvalue weighted by Crippen LogP contribution is -2.29. The molecule has 0 radical (unpaired) electrons. The summed E-state index contributed by atoms with van der Waals surface area (Å²) < 4.78 is 16.5. The number of carbonyl (C=O) groups is 2. The molecule has 1 fully saturated rings. The largest absolute Gasteiger partial charge is 0.467 e. The zero-order valence-electron chi connectivity index (χ0n) is 23.3. The van der Waals surface area contributed by atoms with Crippen LogP contribution >= 0.6 is 0 Å². The third kappa shape index (κ3) is 7.91. The van der Waals surface area contributed by atoms with Gasteiger partial charge in [-0.3, -0.25) is 9.69 Å². The Morgan fingerprint density at radius 2 is 1.62 bits per heavy atom. The lowest BCUT2D eigenvalue weighted by atomic mass is 10.0. The molecule has 7 nitrogen and oxygen atoms in total. The van der Waals surface area contributed by atoms with E-state index in [2.05, 4.69) is 10.2 Å². The predicted octanol–water partition coefficient (Wildman–Crippen LogP) is 6.53. The highest BCUT2D eigenvalue weighted by molar-refractivity contribution is 6.10. The summed E-state index contributed by atoms with van der Waals surface area (Å²) in [5.41, 5.74) is 3.21. The van der Waals surface area contributed by atoms with Crippen LogP contribution in [0.2, 0.25) is 0 Å². The Morgan fingerprint density at radius 3 is 2.31 bits per heavy atom. The Balaban J connectivity index is 1.68. The Bertz CT molecular complexity index is 1280. The summed E-state index contributed by atoms with van der Waals surface area (Å²) in [6, 6.07) is 20.8. The van der Waals surface area contributed by atoms with Crippen LogP contribution in [0.15, 0.2) is 66.7 Å². The Kier molecular flexibility index (Phi) is 9.38. The number of anilines is 1. The fourth-order valence-electron chi connectivity index (χ4n) is 4.64. The van der Waals surface area contributed by atoms with E-state index in [9.17, 15) is 9.59 Å². The number of esters is 1. The van der Waals surface area contributed by atoms with Crippen molar-refractivity contribution >= 4 is 17.6 Å². The summed E-state index contributed by atoms with van der Waals surface area (Å²) in [6.07, 6.45) is 3.64. The molecule has 1 heterocycles. The van der Waals surface area contributed by atoms with Gasteiger partial charge in [0.1, 0.15) is 11.4 Å². The van der Waals surface area contributed by atoms with E-state index >= 15 is 0 Å². The van der Waals surface area contributed by atoms with Gasteiger partial charge in [-0.2, -0.15) is 0 Å². The van der Waals surface area contributed by atoms with Crippen LogP contribution in [0.3, 0.4) is 0 Å². The van der Waals surface area contributed by atoms with Crippen LogP contribution < -0.4 is 10.1 Å². The SMILES string of the molecule is COCOc1ccc(CN2CCCCC2)cc1C(=O)Nc1cc(-c2ccccc2)ccc1C(=O)OC(C)(C)C. The molecule has 1 aliphatic heterocycles. The third-order valence-electron chi connectivity index (χ3n) is 6.47. The molecular weight excluding hydrogens is 492 g/mol. The molecule has 0 saturated carbocycles. The van der Waals surface area contributed by atoms with E-state index in [1.807, 2.05) is 75.4 Å². The number of nitrogens with zero attached hydrogens (tertiary/aromatic N) is 1. The van der Waals surface area contributed by atoms with E-state index < -0.39 is 11.6 Å². The first-order chi connectivity index (χ1) is 18.7. The number of likely N-dealkylation sites (tertiary alicyclic amines) is 1. The van der Waals surface area contributed by atoms with Gasteiger partial charge in [0, 0.05) is 13.7 Å². The molecule has 1 amide bonds. The molecule has 7 heteroatoms. The summed E-state index contributed by atoms with van der Waals surface area (Å²) in [7, 11) is 1.53. The second-order valence-electron chi connectivity index (χ2n) is 10.8. The van der Waals surface area contributed by atoms with Gasteiger partial charge in [0.15, 0.2) is 6.79 Å². The van der Waals surface area contributed by atoms with Gasteiger partial charge in [0.2, 0.25) is 0 Å². The number of carbonyl (C=O) groups excluding carboxylic acids is 2. The van der Waals surface area contributed by atoms with Gasteiger partial charge in [-0.25, -0.2) is 4.79 Å². The van der Waals surface area contributed by atoms with Crippen molar-refractivity contribution in [2.45, 2.75) is 52.2 Å². The van der Waals surface area contributed by atoms with Crippen LogP contribution in [0.25, 0.3) is 11.1 Å². The van der Waals surface area contributed by atoms with Crippen LogP contribution in [0.4, 0.5) is 5.69 Å². The third-order valence-corrected chi connectivity index (χ3v) is 6.47. The monoisotopic (exact) mass is 530 g/mol. The van der Waals surface area contributed by atoms with Crippen LogP contribution in [0.1, 0.15) is 66.3 Å². The van der Waals surface area contributed by atoms with E-state index in [1.54, 1.807) is 12.1 Å². The Morgan fingerprint density at radius 1 is 0.872 bits per heavy atom. The molecule has 1 saturated heterocycles. The smallest absolute Gasteiger partial charge is 0.340 e. The van der Waals surface area contributed by atoms with E-state index in [1.165, 1.54) is 26.4 Å². The van der Waals surface area contributed by atoms with E-state index in [0.717, 1.165) is 36.3 Å². The van der Waals surface area contributed by atoms with E-state index in [-0.39, 0.29) is 18.3 Å². The fourth-order valence-corrected chi connectivity index (χ4v) is 4.64. The number of ether oxygens (including phenoxy) is 3. The highest BCUT2D eigenvalue weighted by Gasteiger charge is 2.23. The van der Waals surface area contributed by atoms with Crippen LogP contribution in [0, 0.1) is 0 Å². The lowest BCUT2D eigenvalue weighted by Gasteiger charge is -2.26. The normalized spacial score (nSPS) is 14.1. The summed E-state index contributed by atoms with van der Waals surface area (Å²) in [5.74, 6) is -0.474. The summed E-state index contributed by atoms with van der Waals surface area (Å²) >= 11 is 0. The molecule has 0 bridgehead atoms. The van der Waals surface area contributed by atoms with Crippen LogP contribution in [-0.4, -0.2) is 49.4 Å². The second-order valence-corrected chi connectivity index (χ2v) is 10.8. The average Bonchev–Trinajstić information content (AvgIpc) is 2.92. The first-order valence-electron chi connectivity index (χ1n) is 13.4. The van der Waals surface area contributed by atoms with Crippen molar-refractivity contribution in [3.05, 3.63) is 83.4 Å². The van der Waals surface area contributed by atoms with Crippen molar-refractivity contribution in [2.24, 2.45) is 0 Å². The quantitative estimate of drug-likeness (QED) is 0.250. The molecule has 0 spiro atoms. The van der Waals surface area contributed by atoms with Crippen LogP contribution in [-0.2, 0) is 16.0 Å². The first kappa shape index (κ1) is 28.3.